The first-order valence-electron chi connectivity index (χ1n) is 8.38. The fraction of sp³-hybridized carbons (Fsp3) is 0.533. The SMILES string of the molecule is CSCC(=O)CC(=O)NC1C(=O)N2C(C(=O)O)=C(CSc3nnnn3C)CS[C@@H]12. The maximum absolute atomic E-state index is 12.6. The fourth-order valence-electron chi connectivity index (χ4n) is 2.91. The molecular formula is C15H18N6O5S3. The fourth-order valence-corrected chi connectivity index (χ4v) is 5.66. The van der Waals surface area contributed by atoms with Crippen molar-refractivity contribution in [2.75, 3.05) is 23.5 Å². The van der Waals surface area contributed by atoms with Gasteiger partial charge in [0.15, 0.2) is 5.78 Å². The minimum Gasteiger partial charge on any atom is -0.477 e. The number of hydrogen-bond acceptors (Lipinski definition) is 10. The van der Waals surface area contributed by atoms with Gasteiger partial charge in [-0.1, -0.05) is 11.8 Å². The Morgan fingerprint density at radius 2 is 2.14 bits per heavy atom. The second kappa shape index (κ2) is 9.17. The van der Waals surface area contributed by atoms with E-state index in [9.17, 15) is 24.3 Å². The van der Waals surface area contributed by atoms with Gasteiger partial charge in [0.05, 0.1) is 12.2 Å². The number of carbonyl (C=O) groups is 4. The number of β-lactam (4-membered cyclic amide) rings is 1. The highest BCUT2D eigenvalue weighted by atomic mass is 32.2. The zero-order valence-corrected chi connectivity index (χ0v) is 18.0. The second-order valence-electron chi connectivity index (χ2n) is 6.23. The summed E-state index contributed by atoms with van der Waals surface area (Å²) in [5.74, 6) is -1.50. The van der Waals surface area contributed by atoms with Gasteiger partial charge in [-0.3, -0.25) is 19.3 Å². The van der Waals surface area contributed by atoms with Crippen LogP contribution in [-0.2, 0) is 26.2 Å². The third-order valence-corrected chi connectivity index (χ3v) is 7.23. The summed E-state index contributed by atoms with van der Waals surface area (Å²) in [4.78, 5) is 49.2. The standard InChI is InChI=1S/C15H18N6O5S3/c1-20-15(17-18-19-20)29-5-7-4-28-13-10(12(24)21(13)11(7)14(25)26)16-9(23)3-8(22)6-27-2/h10,13H,3-6H2,1-2H3,(H,16,23)(H,25,26)/t10?,13-/m0/s1. The molecule has 1 unspecified atom stereocenters. The number of hydrogen-bond donors (Lipinski definition) is 2. The molecule has 1 aromatic heterocycles. The molecule has 2 N–H and O–H groups in total. The molecular weight excluding hydrogens is 440 g/mol. The van der Waals surface area contributed by atoms with Crippen LogP contribution >= 0.6 is 35.3 Å². The van der Waals surface area contributed by atoms with Gasteiger partial charge in [0.25, 0.3) is 5.91 Å². The van der Waals surface area contributed by atoms with E-state index in [0.29, 0.717) is 22.2 Å². The molecule has 2 amide bonds. The molecule has 2 aliphatic heterocycles. The first kappa shape index (κ1) is 21.6. The highest BCUT2D eigenvalue weighted by molar-refractivity contribution is 8.01. The molecule has 1 aromatic rings. The van der Waals surface area contributed by atoms with Gasteiger partial charge in [-0.25, -0.2) is 9.48 Å². The Morgan fingerprint density at radius 3 is 2.76 bits per heavy atom. The second-order valence-corrected chi connectivity index (χ2v) is 9.15. The van der Waals surface area contributed by atoms with Crippen molar-refractivity contribution >= 4 is 58.9 Å². The zero-order chi connectivity index (χ0) is 21.1. The van der Waals surface area contributed by atoms with Gasteiger partial charge in [-0.15, -0.1) is 16.9 Å². The van der Waals surface area contributed by atoms with Crippen LogP contribution in [0.2, 0.25) is 0 Å². The van der Waals surface area contributed by atoms with E-state index in [1.165, 1.54) is 44.9 Å². The number of ketones is 1. The van der Waals surface area contributed by atoms with Crippen LogP contribution in [0.25, 0.3) is 0 Å². The van der Waals surface area contributed by atoms with Crippen LogP contribution in [-0.4, -0.2) is 88.7 Å². The molecule has 3 rings (SSSR count). The third kappa shape index (κ3) is 4.59. The Kier molecular flexibility index (Phi) is 6.85. The molecule has 14 heteroatoms. The molecule has 0 spiro atoms. The lowest BCUT2D eigenvalue weighted by atomic mass is 10.0. The summed E-state index contributed by atoms with van der Waals surface area (Å²) in [6.45, 7) is 0. The summed E-state index contributed by atoms with van der Waals surface area (Å²) in [5.41, 5.74) is 0.519. The summed E-state index contributed by atoms with van der Waals surface area (Å²) < 4.78 is 1.48. The monoisotopic (exact) mass is 458 g/mol. The largest absolute Gasteiger partial charge is 0.477 e. The van der Waals surface area contributed by atoms with E-state index >= 15 is 0 Å². The van der Waals surface area contributed by atoms with E-state index in [-0.39, 0.29) is 23.7 Å². The average Bonchev–Trinajstić information content (AvgIpc) is 3.08. The molecule has 0 aliphatic carbocycles. The van der Waals surface area contributed by atoms with Crippen LogP contribution in [0.4, 0.5) is 0 Å². The van der Waals surface area contributed by atoms with E-state index in [1.807, 2.05) is 0 Å². The Hall–Kier alpha value is -2.06. The zero-order valence-electron chi connectivity index (χ0n) is 15.5. The number of amides is 2. The number of tetrazole rings is 1. The van der Waals surface area contributed by atoms with Crippen molar-refractivity contribution in [3.8, 4) is 0 Å². The molecule has 0 saturated carbocycles. The van der Waals surface area contributed by atoms with Gasteiger partial charge < -0.3 is 10.4 Å². The summed E-state index contributed by atoms with van der Waals surface area (Å²) in [6.07, 6.45) is 1.47. The molecule has 2 aliphatic rings. The van der Waals surface area contributed by atoms with Crippen molar-refractivity contribution < 1.29 is 24.3 Å². The van der Waals surface area contributed by atoms with Gasteiger partial charge in [0.1, 0.15) is 17.1 Å². The van der Waals surface area contributed by atoms with Crippen molar-refractivity contribution in [2.24, 2.45) is 7.05 Å². The van der Waals surface area contributed by atoms with Gasteiger partial charge >= 0.3 is 5.97 Å². The van der Waals surface area contributed by atoms with Crippen LogP contribution in [0.1, 0.15) is 6.42 Å². The molecule has 156 valence electrons. The van der Waals surface area contributed by atoms with Gasteiger partial charge in [0.2, 0.25) is 11.1 Å². The lowest BCUT2D eigenvalue weighted by Crippen LogP contribution is -2.70. The molecule has 1 saturated heterocycles. The number of aromatic nitrogens is 4. The molecule has 11 nitrogen and oxygen atoms in total. The number of Topliss-reactive ketones (excluding diaryl/α,β-unsaturated/α-hetero) is 1. The number of aryl methyl sites for hydroxylation is 1. The number of carboxylic acid groups (broad SMARTS) is 1. The van der Waals surface area contributed by atoms with Crippen LogP contribution in [0.15, 0.2) is 16.4 Å². The Morgan fingerprint density at radius 1 is 1.38 bits per heavy atom. The van der Waals surface area contributed by atoms with E-state index in [4.69, 9.17) is 0 Å². The lowest BCUT2D eigenvalue weighted by Gasteiger charge is -2.49. The number of carboxylic acids is 1. The third-order valence-electron chi connectivity index (χ3n) is 4.19. The molecule has 2 atom stereocenters. The minimum absolute atomic E-state index is 0.0645. The number of nitrogens with zero attached hydrogens (tertiary/aromatic N) is 5. The first-order valence-corrected chi connectivity index (χ1v) is 11.8. The normalized spacial score (nSPS) is 20.9. The number of nitrogens with one attached hydrogen (secondary N) is 1. The Bertz CT molecular complexity index is 888. The van der Waals surface area contributed by atoms with Gasteiger partial charge in [0, 0.05) is 18.6 Å². The molecule has 0 bridgehead atoms. The van der Waals surface area contributed by atoms with Gasteiger partial charge in [-0.2, -0.15) is 11.8 Å². The Balaban J connectivity index is 1.67. The van der Waals surface area contributed by atoms with E-state index in [1.54, 1.807) is 13.3 Å². The smallest absolute Gasteiger partial charge is 0.352 e. The minimum atomic E-state index is -1.20. The average molecular weight is 459 g/mol. The highest BCUT2D eigenvalue weighted by Gasteiger charge is 2.54. The van der Waals surface area contributed by atoms with Crippen LogP contribution in [0, 0.1) is 0 Å². The molecule has 1 fully saturated rings. The first-order chi connectivity index (χ1) is 13.8. The van der Waals surface area contributed by atoms with Crippen LogP contribution in [0.5, 0.6) is 0 Å². The number of rotatable bonds is 9. The highest BCUT2D eigenvalue weighted by Crippen LogP contribution is 2.41. The summed E-state index contributed by atoms with van der Waals surface area (Å²) in [7, 11) is 1.68. The van der Waals surface area contributed by atoms with E-state index in [0.717, 1.165) is 0 Å². The van der Waals surface area contributed by atoms with Crippen LogP contribution < -0.4 is 5.32 Å². The van der Waals surface area contributed by atoms with Crippen molar-refractivity contribution in [1.82, 2.24) is 30.4 Å². The van der Waals surface area contributed by atoms with Crippen molar-refractivity contribution in [1.29, 1.82) is 0 Å². The predicted octanol–water partition coefficient (Wildman–Crippen LogP) is -0.637. The van der Waals surface area contributed by atoms with E-state index < -0.39 is 29.2 Å². The number of carbonyl (C=O) groups excluding carboxylic acids is 3. The van der Waals surface area contributed by atoms with Crippen LogP contribution in [0.3, 0.4) is 0 Å². The quantitative estimate of drug-likeness (QED) is 0.277. The Labute approximate surface area is 178 Å². The van der Waals surface area contributed by atoms with Gasteiger partial charge in [-0.05, 0) is 22.3 Å². The summed E-state index contributed by atoms with van der Waals surface area (Å²) in [5, 5.41) is 23.3. The maximum Gasteiger partial charge on any atom is 0.352 e. The lowest BCUT2D eigenvalue weighted by molar-refractivity contribution is -0.150. The number of fused-ring (bicyclic) bond motifs is 1. The predicted molar refractivity (Wildman–Crippen MR) is 107 cm³/mol. The number of thioether (sulfide) groups is 3. The van der Waals surface area contributed by atoms with Crippen molar-refractivity contribution in [3.63, 3.8) is 0 Å². The molecule has 0 aromatic carbocycles. The molecule has 0 radical (unpaired) electrons. The maximum atomic E-state index is 12.6. The summed E-state index contributed by atoms with van der Waals surface area (Å²) in [6, 6.07) is -0.832. The summed E-state index contributed by atoms with van der Waals surface area (Å²) >= 11 is 3.97. The van der Waals surface area contributed by atoms with Crippen molar-refractivity contribution in [3.05, 3.63) is 11.3 Å². The molecule has 3 heterocycles. The van der Waals surface area contributed by atoms with E-state index in [2.05, 4.69) is 20.8 Å². The topological polar surface area (TPSA) is 147 Å². The number of aliphatic carboxylic acids is 1. The van der Waals surface area contributed by atoms with Crippen molar-refractivity contribution in [2.45, 2.75) is 23.0 Å². The molecule has 29 heavy (non-hydrogen) atoms.